The third-order valence-corrected chi connectivity index (χ3v) is 2.27. The minimum absolute atomic E-state index is 0.921. The second kappa shape index (κ2) is 8.96. The van der Waals surface area contributed by atoms with Gasteiger partial charge < -0.3 is 4.57 Å². The van der Waals surface area contributed by atoms with E-state index in [1.165, 1.54) is 11.3 Å². The summed E-state index contributed by atoms with van der Waals surface area (Å²) >= 11 is 0. The maximum atomic E-state index is 4.15. The van der Waals surface area contributed by atoms with Crippen molar-refractivity contribution in [2.24, 2.45) is 0 Å². The van der Waals surface area contributed by atoms with Gasteiger partial charge in [-0.25, -0.2) is 4.98 Å². The van der Waals surface area contributed by atoms with E-state index < -0.39 is 0 Å². The molecule has 0 aliphatic carbocycles. The molecule has 0 unspecified atom stereocenters. The number of imidazole rings is 1. The molecule has 0 aliphatic heterocycles. The van der Waals surface area contributed by atoms with Gasteiger partial charge in [0.15, 0.2) is 0 Å². The summed E-state index contributed by atoms with van der Waals surface area (Å²) in [7, 11) is 0. The van der Waals surface area contributed by atoms with Gasteiger partial charge >= 0.3 is 0 Å². The number of aryl methyl sites for hydroxylation is 1. The molecule has 0 aromatic carbocycles. The maximum Gasteiger partial charge on any atom is 0.0951 e. The van der Waals surface area contributed by atoms with Crippen LogP contribution in [0, 0.1) is 0 Å². The number of allylic oxidation sites excluding steroid dienone is 4. The van der Waals surface area contributed by atoms with Crippen molar-refractivity contribution in [2.75, 3.05) is 0 Å². The maximum absolute atomic E-state index is 4.15. The van der Waals surface area contributed by atoms with E-state index in [1.807, 2.05) is 33.3 Å². The van der Waals surface area contributed by atoms with Gasteiger partial charge in [-0.3, -0.25) is 0 Å². The highest BCUT2D eigenvalue weighted by atomic mass is 15.0. The summed E-state index contributed by atoms with van der Waals surface area (Å²) in [5, 5.41) is 0. The van der Waals surface area contributed by atoms with Gasteiger partial charge in [-0.05, 0) is 25.8 Å². The number of aromatic nitrogens is 2. The van der Waals surface area contributed by atoms with E-state index in [0.717, 1.165) is 13.0 Å². The molecule has 0 N–H and O–H groups in total. The largest absolute Gasteiger partial charge is 0.330 e. The highest BCUT2D eigenvalue weighted by Crippen LogP contribution is 2.06. The lowest BCUT2D eigenvalue weighted by atomic mass is 10.2. The van der Waals surface area contributed by atoms with E-state index in [0.29, 0.717) is 0 Å². The molecule has 0 atom stereocenters. The summed E-state index contributed by atoms with van der Waals surface area (Å²) in [6, 6.07) is 0. The minimum Gasteiger partial charge on any atom is -0.330 e. The fourth-order valence-corrected chi connectivity index (χ4v) is 1.44. The topological polar surface area (TPSA) is 17.8 Å². The van der Waals surface area contributed by atoms with E-state index in [-0.39, 0.29) is 0 Å². The van der Waals surface area contributed by atoms with Crippen molar-refractivity contribution in [1.29, 1.82) is 0 Å². The third kappa shape index (κ3) is 4.47. The van der Waals surface area contributed by atoms with Crippen molar-refractivity contribution >= 4 is 0 Å². The molecule has 90 valence electrons. The molecule has 16 heavy (non-hydrogen) atoms. The van der Waals surface area contributed by atoms with Crippen LogP contribution in [0.25, 0.3) is 0 Å². The molecule has 0 amide bonds. The molecule has 1 heterocycles. The Bertz CT molecular complexity index is 332. The van der Waals surface area contributed by atoms with Crippen molar-refractivity contribution < 1.29 is 0 Å². The Morgan fingerprint density at radius 3 is 2.56 bits per heavy atom. The van der Waals surface area contributed by atoms with Crippen LogP contribution in [0.3, 0.4) is 0 Å². The van der Waals surface area contributed by atoms with Gasteiger partial charge in [-0.1, -0.05) is 39.0 Å². The van der Waals surface area contributed by atoms with Gasteiger partial charge in [0.1, 0.15) is 0 Å². The van der Waals surface area contributed by atoms with Gasteiger partial charge in [0, 0.05) is 18.4 Å². The lowest BCUT2D eigenvalue weighted by molar-refractivity contribution is 0.745. The first-order chi connectivity index (χ1) is 7.81. The lowest BCUT2D eigenvalue weighted by Gasteiger charge is -2.06. The highest BCUT2D eigenvalue weighted by molar-refractivity contribution is 5.18. The van der Waals surface area contributed by atoms with Crippen LogP contribution in [0.5, 0.6) is 0 Å². The van der Waals surface area contributed by atoms with Crippen LogP contribution < -0.4 is 0 Å². The van der Waals surface area contributed by atoms with Crippen molar-refractivity contribution in [2.45, 2.75) is 47.6 Å². The van der Waals surface area contributed by atoms with E-state index in [1.54, 1.807) is 0 Å². The zero-order chi connectivity index (χ0) is 12.4. The SMILES string of the molecule is C/C=C\C(=C/C)Cn1cncc1CC.CC. The van der Waals surface area contributed by atoms with Gasteiger partial charge in [0.25, 0.3) is 0 Å². The third-order valence-electron chi connectivity index (χ3n) is 2.27. The molecule has 2 nitrogen and oxygen atoms in total. The lowest BCUT2D eigenvalue weighted by Crippen LogP contribution is -2.02. The van der Waals surface area contributed by atoms with Gasteiger partial charge in [0.05, 0.1) is 6.33 Å². The molecule has 0 radical (unpaired) electrons. The molecule has 1 rings (SSSR count). The molecule has 0 fully saturated rings. The van der Waals surface area contributed by atoms with Crippen molar-refractivity contribution in [3.05, 3.63) is 42.0 Å². The summed E-state index contributed by atoms with van der Waals surface area (Å²) in [5.74, 6) is 0. The zero-order valence-electron chi connectivity index (χ0n) is 11.2. The minimum atomic E-state index is 0.921. The van der Waals surface area contributed by atoms with Crippen molar-refractivity contribution in [3.63, 3.8) is 0 Å². The average Bonchev–Trinajstić information content (AvgIpc) is 2.78. The zero-order valence-corrected chi connectivity index (χ0v) is 11.2. The summed E-state index contributed by atoms with van der Waals surface area (Å²) in [5.41, 5.74) is 2.61. The second-order valence-electron chi connectivity index (χ2n) is 3.23. The van der Waals surface area contributed by atoms with Gasteiger partial charge in [0.2, 0.25) is 0 Å². The van der Waals surface area contributed by atoms with Crippen LogP contribution in [-0.4, -0.2) is 9.55 Å². The number of hydrogen-bond acceptors (Lipinski definition) is 1. The number of rotatable bonds is 4. The molecular formula is C14H24N2. The average molecular weight is 220 g/mol. The van der Waals surface area contributed by atoms with Crippen LogP contribution >= 0.6 is 0 Å². The van der Waals surface area contributed by atoms with E-state index in [2.05, 4.69) is 41.6 Å². The Kier molecular flexibility index (Phi) is 8.22. The number of hydrogen-bond donors (Lipinski definition) is 0. The molecule has 1 aromatic rings. The predicted molar refractivity (Wildman–Crippen MR) is 71.5 cm³/mol. The van der Waals surface area contributed by atoms with E-state index in [9.17, 15) is 0 Å². The Morgan fingerprint density at radius 1 is 1.38 bits per heavy atom. The van der Waals surface area contributed by atoms with Crippen molar-refractivity contribution in [3.8, 4) is 0 Å². The van der Waals surface area contributed by atoms with Crippen LogP contribution in [-0.2, 0) is 13.0 Å². The molecule has 0 saturated heterocycles. The molecule has 1 aromatic heterocycles. The highest BCUT2D eigenvalue weighted by Gasteiger charge is 1.99. The standard InChI is InChI=1S/C12H18N2.C2H6/c1-4-7-11(5-2)9-14-10-13-8-12(14)6-3;1-2/h4-5,7-8,10H,6,9H2,1-3H3;1-2H3/b7-4-,11-5+;. The first kappa shape index (κ1) is 14.7. The van der Waals surface area contributed by atoms with E-state index >= 15 is 0 Å². The molecular weight excluding hydrogens is 196 g/mol. The Labute approximate surface area is 99.7 Å². The summed E-state index contributed by atoms with van der Waals surface area (Å²) in [6.07, 6.45) is 11.2. The fraction of sp³-hybridized carbons (Fsp3) is 0.500. The normalized spacial score (nSPS) is 11.4. The molecule has 0 bridgehead atoms. The molecule has 0 aliphatic rings. The summed E-state index contributed by atoms with van der Waals surface area (Å²) in [6.45, 7) is 11.2. The number of nitrogens with zero attached hydrogens (tertiary/aromatic N) is 2. The van der Waals surface area contributed by atoms with Crippen LogP contribution in [0.2, 0.25) is 0 Å². The van der Waals surface area contributed by atoms with Crippen LogP contribution in [0.4, 0.5) is 0 Å². The first-order valence-electron chi connectivity index (χ1n) is 6.08. The van der Waals surface area contributed by atoms with Crippen molar-refractivity contribution in [1.82, 2.24) is 9.55 Å². The fourth-order valence-electron chi connectivity index (χ4n) is 1.44. The van der Waals surface area contributed by atoms with Gasteiger partial charge in [-0.15, -0.1) is 0 Å². The van der Waals surface area contributed by atoms with Crippen LogP contribution in [0.15, 0.2) is 36.3 Å². The summed E-state index contributed by atoms with van der Waals surface area (Å²) in [4.78, 5) is 4.15. The molecule has 0 saturated carbocycles. The summed E-state index contributed by atoms with van der Waals surface area (Å²) < 4.78 is 2.19. The Morgan fingerprint density at radius 2 is 2.06 bits per heavy atom. The Balaban J connectivity index is 0.00000106. The second-order valence-corrected chi connectivity index (χ2v) is 3.23. The Hall–Kier alpha value is -1.31. The smallest absolute Gasteiger partial charge is 0.0951 e. The monoisotopic (exact) mass is 220 g/mol. The molecule has 0 spiro atoms. The van der Waals surface area contributed by atoms with Crippen LogP contribution in [0.1, 0.15) is 40.3 Å². The molecule has 2 heteroatoms. The quantitative estimate of drug-likeness (QED) is 0.701. The van der Waals surface area contributed by atoms with Gasteiger partial charge in [-0.2, -0.15) is 0 Å². The van der Waals surface area contributed by atoms with E-state index in [4.69, 9.17) is 0 Å². The predicted octanol–water partition coefficient (Wildman–Crippen LogP) is 3.99. The first-order valence-corrected chi connectivity index (χ1v) is 6.08.